The summed E-state index contributed by atoms with van der Waals surface area (Å²) in [5, 5.41) is 22.2. The van der Waals surface area contributed by atoms with Gasteiger partial charge in [-0.15, -0.1) is 0 Å². The molecule has 4 aromatic rings. The minimum atomic E-state index is -0.0708. The molecule has 0 aliphatic rings. The van der Waals surface area contributed by atoms with Crippen LogP contribution in [-0.2, 0) is 0 Å². The summed E-state index contributed by atoms with van der Waals surface area (Å²) in [5.41, 5.74) is 1.98. The van der Waals surface area contributed by atoms with E-state index in [-0.39, 0.29) is 17.5 Å². The zero-order valence-corrected chi connectivity index (χ0v) is 11.5. The Morgan fingerprint density at radius 2 is 1.62 bits per heavy atom. The summed E-state index contributed by atoms with van der Waals surface area (Å²) in [6.07, 6.45) is 0. The Bertz CT molecular complexity index is 952. The smallest absolute Gasteiger partial charge is 0.152 e. The fraction of sp³-hybridized carbons (Fsp3) is 0. The number of aromatic nitrogens is 2. The number of hydrogen-bond donors (Lipinski definition) is 4. The van der Waals surface area contributed by atoms with Crippen LogP contribution in [0.3, 0.4) is 0 Å². The van der Waals surface area contributed by atoms with Gasteiger partial charge in [-0.2, -0.15) is 0 Å². The summed E-state index contributed by atoms with van der Waals surface area (Å²) < 4.78 is 7.90. The van der Waals surface area contributed by atoms with Gasteiger partial charge in [0, 0.05) is 10.9 Å². The van der Waals surface area contributed by atoms with Crippen LogP contribution in [0.2, 0.25) is 5.02 Å². The van der Waals surface area contributed by atoms with Crippen LogP contribution >= 0.6 is 11.6 Å². The molecule has 4 rings (SSSR count). The number of nitrogens with one attached hydrogen (secondary N) is 2. The number of rotatable bonds is 1. The lowest BCUT2D eigenvalue weighted by atomic mass is 10.2. The molecule has 0 saturated carbocycles. The van der Waals surface area contributed by atoms with Gasteiger partial charge in [-0.25, -0.2) is 0 Å². The topological polar surface area (TPSA) is 72.0 Å². The van der Waals surface area contributed by atoms with Crippen LogP contribution in [0.4, 0.5) is 0 Å². The van der Waals surface area contributed by atoms with E-state index in [0.29, 0.717) is 38.2 Å². The molecule has 4 N–H and O–H groups in total. The molecule has 0 unspecified atom stereocenters. The fourth-order valence-electron chi connectivity index (χ4n) is 2.61. The van der Waals surface area contributed by atoms with E-state index in [9.17, 15) is 10.2 Å². The SMILES string of the molecule is [2H]c1cccc2[nH]c(-c3[nH]c4cccc(Cl)c4c3O)c(O)c12. The van der Waals surface area contributed by atoms with E-state index < -0.39 is 0 Å². The second-order valence-corrected chi connectivity index (χ2v) is 5.23. The predicted octanol–water partition coefficient (Wildman–Crippen LogP) is 4.38. The van der Waals surface area contributed by atoms with Crippen molar-refractivity contribution in [1.82, 2.24) is 9.97 Å². The summed E-state index contributed by atoms with van der Waals surface area (Å²) in [5.74, 6) is -0.104. The molecule has 0 fully saturated rings. The van der Waals surface area contributed by atoms with Gasteiger partial charge >= 0.3 is 0 Å². The quantitative estimate of drug-likeness (QED) is 0.421. The van der Waals surface area contributed by atoms with Gasteiger partial charge in [0.2, 0.25) is 0 Å². The first-order valence-electron chi connectivity index (χ1n) is 6.87. The van der Waals surface area contributed by atoms with Crippen molar-refractivity contribution in [2.24, 2.45) is 0 Å². The van der Waals surface area contributed by atoms with Crippen LogP contribution in [0.5, 0.6) is 11.5 Å². The number of fused-ring (bicyclic) bond motifs is 2. The van der Waals surface area contributed by atoms with Crippen molar-refractivity contribution in [3.8, 4) is 22.9 Å². The number of hydrogen-bond acceptors (Lipinski definition) is 2. The monoisotopic (exact) mass is 299 g/mol. The summed E-state index contributed by atoms with van der Waals surface area (Å²) >= 11 is 6.12. The van der Waals surface area contributed by atoms with Crippen molar-refractivity contribution < 1.29 is 11.6 Å². The summed E-state index contributed by atoms with van der Waals surface area (Å²) in [4.78, 5) is 6.09. The first-order valence-corrected chi connectivity index (χ1v) is 6.75. The highest BCUT2D eigenvalue weighted by Gasteiger charge is 2.20. The molecule has 4 nitrogen and oxygen atoms in total. The molecule has 104 valence electrons. The number of aromatic amines is 2. The van der Waals surface area contributed by atoms with E-state index in [2.05, 4.69) is 9.97 Å². The largest absolute Gasteiger partial charge is 0.505 e. The van der Waals surface area contributed by atoms with Gasteiger partial charge in [0.05, 0.1) is 17.3 Å². The van der Waals surface area contributed by atoms with Gasteiger partial charge in [-0.3, -0.25) is 0 Å². The van der Waals surface area contributed by atoms with Crippen molar-refractivity contribution in [3.63, 3.8) is 0 Å². The Kier molecular flexibility index (Phi) is 2.22. The summed E-state index contributed by atoms with van der Waals surface area (Å²) in [6, 6.07) is 10.6. The highest BCUT2D eigenvalue weighted by Crippen LogP contribution is 2.44. The highest BCUT2D eigenvalue weighted by molar-refractivity contribution is 6.36. The van der Waals surface area contributed by atoms with Crippen LogP contribution in [-0.4, -0.2) is 20.2 Å². The molecular weight excluding hydrogens is 288 g/mol. The van der Waals surface area contributed by atoms with Gasteiger partial charge in [0.25, 0.3) is 0 Å². The number of H-pyrrole nitrogens is 2. The lowest BCUT2D eigenvalue weighted by Gasteiger charge is -1.97. The molecule has 0 atom stereocenters. The average molecular weight is 300 g/mol. The van der Waals surface area contributed by atoms with E-state index >= 15 is 0 Å². The van der Waals surface area contributed by atoms with E-state index in [1.807, 2.05) is 0 Å². The van der Waals surface area contributed by atoms with Gasteiger partial charge in [-0.1, -0.05) is 29.8 Å². The number of halogens is 1. The molecule has 0 bridgehead atoms. The molecule has 0 amide bonds. The molecular formula is C16H11ClN2O2. The normalized spacial score (nSPS) is 12.1. The Balaban J connectivity index is 2.08. The third-order valence-corrected chi connectivity index (χ3v) is 3.90. The van der Waals surface area contributed by atoms with E-state index in [1.54, 1.807) is 36.4 Å². The molecule has 0 spiro atoms. The molecule has 0 radical (unpaired) electrons. The minimum absolute atomic E-state index is 0.0333. The molecule has 2 aromatic carbocycles. The first-order chi connectivity index (χ1) is 10.6. The zero-order valence-electron chi connectivity index (χ0n) is 11.7. The van der Waals surface area contributed by atoms with E-state index in [0.717, 1.165) is 0 Å². The van der Waals surface area contributed by atoms with E-state index in [1.165, 1.54) is 0 Å². The Morgan fingerprint density at radius 3 is 2.38 bits per heavy atom. The number of benzene rings is 2. The first kappa shape index (κ1) is 11.1. The molecule has 2 aromatic heterocycles. The average Bonchev–Trinajstić information content (AvgIpc) is 2.99. The lowest BCUT2D eigenvalue weighted by Crippen LogP contribution is -1.78. The second kappa shape index (κ2) is 4.20. The Labute approximate surface area is 126 Å². The van der Waals surface area contributed by atoms with Crippen LogP contribution in [0.1, 0.15) is 1.37 Å². The Morgan fingerprint density at radius 1 is 0.905 bits per heavy atom. The van der Waals surface area contributed by atoms with Gasteiger partial charge in [-0.05, 0) is 24.2 Å². The third-order valence-electron chi connectivity index (χ3n) is 3.59. The predicted molar refractivity (Wildman–Crippen MR) is 83.9 cm³/mol. The van der Waals surface area contributed by atoms with E-state index in [4.69, 9.17) is 13.0 Å². The fourth-order valence-corrected chi connectivity index (χ4v) is 2.87. The van der Waals surface area contributed by atoms with Crippen molar-refractivity contribution in [3.05, 3.63) is 47.5 Å². The molecule has 0 saturated heterocycles. The standard InChI is InChI=1S/C16H11ClN2O2/c17-9-5-3-7-11-12(9)16(21)14(19-11)13-15(20)8-4-1-2-6-10(8)18-13/h1-7,18-21H/i4D. The minimum Gasteiger partial charge on any atom is -0.505 e. The summed E-state index contributed by atoms with van der Waals surface area (Å²) in [7, 11) is 0. The van der Waals surface area contributed by atoms with Crippen molar-refractivity contribution >= 4 is 33.4 Å². The molecule has 0 aliphatic heterocycles. The van der Waals surface area contributed by atoms with Crippen molar-refractivity contribution in [2.75, 3.05) is 0 Å². The number of para-hydroxylation sites is 1. The Hall–Kier alpha value is -2.59. The zero-order chi connectivity index (χ0) is 15.4. The maximum absolute atomic E-state index is 10.4. The maximum atomic E-state index is 10.4. The van der Waals surface area contributed by atoms with Crippen molar-refractivity contribution in [2.45, 2.75) is 0 Å². The lowest BCUT2D eigenvalue weighted by molar-refractivity contribution is 0.475. The number of aromatic hydroxyl groups is 2. The van der Waals surface area contributed by atoms with Crippen LogP contribution in [0, 0.1) is 0 Å². The van der Waals surface area contributed by atoms with Gasteiger partial charge in [0.1, 0.15) is 11.4 Å². The summed E-state index contributed by atoms with van der Waals surface area (Å²) in [6.45, 7) is 0. The highest BCUT2D eigenvalue weighted by atomic mass is 35.5. The third kappa shape index (κ3) is 1.63. The molecule has 2 heterocycles. The van der Waals surface area contributed by atoms with Gasteiger partial charge < -0.3 is 20.2 Å². The molecule has 5 heteroatoms. The van der Waals surface area contributed by atoms with Gasteiger partial charge in [0.15, 0.2) is 11.5 Å². The van der Waals surface area contributed by atoms with Crippen molar-refractivity contribution in [1.29, 1.82) is 0 Å². The van der Waals surface area contributed by atoms with Crippen LogP contribution in [0.25, 0.3) is 33.2 Å². The second-order valence-electron chi connectivity index (χ2n) is 4.82. The maximum Gasteiger partial charge on any atom is 0.152 e. The molecule has 21 heavy (non-hydrogen) atoms. The molecule has 0 aliphatic carbocycles. The van der Waals surface area contributed by atoms with Crippen LogP contribution in [0.15, 0.2) is 42.4 Å². The van der Waals surface area contributed by atoms with Crippen LogP contribution < -0.4 is 0 Å².